The quantitative estimate of drug-likeness (QED) is 0.668. The van der Waals surface area contributed by atoms with Crippen molar-refractivity contribution in [1.82, 2.24) is 0 Å². The topological polar surface area (TPSA) is 63.4 Å². The molecular weight excluding hydrogens is 250 g/mol. The van der Waals surface area contributed by atoms with Gasteiger partial charge in [-0.15, -0.1) is 0 Å². The first-order valence-electron chi connectivity index (χ1n) is 3.86. The number of halogens is 1. The van der Waals surface area contributed by atoms with E-state index in [-0.39, 0.29) is 12.3 Å². The Labute approximate surface area is 89.2 Å². The van der Waals surface area contributed by atoms with Crippen molar-refractivity contribution in [3.8, 4) is 0 Å². The Morgan fingerprint density at radius 3 is 2.79 bits per heavy atom. The molecule has 0 spiro atoms. The van der Waals surface area contributed by atoms with Crippen LogP contribution in [0.3, 0.4) is 0 Å². The van der Waals surface area contributed by atoms with Crippen molar-refractivity contribution >= 4 is 27.7 Å². The van der Waals surface area contributed by atoms with E-state index in [0.717, 1.165) is 5.56 Å². The molecule has 0 aliphatic heterocycles. The average molecular weight is 258 g/mol. The largest absolute Gasteiger partial charge is 0.392 e. The van der Waals surface area contributed by atoms with Crippen molar-refractivity contribution < 1.29 is 10.0 Å². The molecule has 0 amide bonds. The molecule has 5 heteroatoms. The van der Waals surface area contributed by atoms with Crippen LogP contribution in [0, 0.1) is 10.1 Å². The number of non-ortho nitro benzene ring substituents is 1. The summed E-state index contributed by atoms with van der Waals surface area (Å²) in [6.07, 6.45) is 3.25. The third kappa shape index (κ3) is 2.65. The van der Waals surface area contributed by atoms with Crippen molar-refractivity contribution in [2.45, 2.75) is 0 Å². The van der Waals surface area contributed by atoms with E-state index in [1.807, 2.05) is 0 Å². The fraction of sp³-hybridized carbons (Fsp3) is 0.111. The molecule has 1 aromatic carbocycles. The molecule has 0 radical (unpaired) electrons. The number of hydrogen-bond donors (Lipinski definition) is 1. The normalized spacial score (nSPS) is 10.7. The monoisotopic (exact) mass is 257 g/mol. The minimum Gasteiger partial charge on any atom is -0.392 e. The van der Waals surface area contributed by atoms with E-state index in [4.69, 9.17) is 5.11 Å². The highest BCUT2D eigenvalue weighted by Gasteiger charge is 2.06. The van der Waals surface area contributed by atoms with Crippen LogP contribution in [0.2, 0.25) is 0 Å². The maximum absolute atomic E-state index is 10.4. The smallest absolute Gasteiger partial charge is 0.270 e. The Morgan fingerprint density at radius 2 is 2.29 bits per heavy atom. The van der Waals surface area contributed by atoms with Gasteiger partial charge < -0.3 is 5.11 Å². The molecule has 0 aliphatic rings. The van der Waals surface area contributed by atoms with Gasteiger partial charge in [0, 0.05) is 16.6 Å². The molecule has 0 bridgehead atoms. The molecule has 0 atom stereocenters. The number of nitro benzene ring substituents is 1. The van der Waals surface area contributed by atoms with E-state index in [0.29, 0.717) is 4.47 Å². The predicted molar refractivity (Wildman–Crippen MR) is 56.9 cm³/mol. The minimum absolute atomic E-state index is 0.0398. The number of aliphatic hydroxyl groups excluding tert-OH is 1. The molecule has 0 aromatic heterocycles. The van der Waals surface area contributed by atoms with E-state index in [2.05, 4.69) is 15.9 Å². The average Bonchev–Trinajstić information content (AvgIpc) is 2.15. The van der Waals surface area contributed by atoms with Crippen LogP contribution in [0.25, 0.3) is 6.08 Å². The molecule has 0 aliphatic carbocycles. The number of benzene rings is 1. The van der Waals surface area contributed by atoms with E-state index in [9.17, 15) is 10.1 Å². The third-order valence-corrected chi connectivity index (χ3v) is 2.28. The van der Waals surface area contributed by atoms with E-state index in [1.165, 1.54) is 12.1 Å². The second-order valence-corrected chi connectivity index (χ2v) is 3.40. The lowest BCUT2D eigenvalue weighted by Crippen LogP contribution is -1.88. The Kier molecular flexibility index (Phi) is 3.79. The molecule has 14 heavy (non-hydrogen) atoms. The molecule has 0 fully saturated rings. The summed E-state index contributed by atoms with van der Waals surface area (Å²) in [6, 6.07) is 4.47. The van der Waals surface area contributed by atoms with Crippen LogP contribution in [0.5, 0.6) is 0 Å². The van der Waals surface area contributed by atoms with Crippen LogP contribution < -0.4 is 0 Å². The van der Waals surface area contributed by atoms with Crippen molar-refractivity contribution in [2.24, 2.45) is 0 Å². The first-order valence-corrected chi connectivity index (χ1v) is 4.66. The molecule has 1 aromatic rings. The van der Waals surface area contributed by atoms with E-state index < -0.39 is 4.92 Å². The SMILES string of the molecule is O=[N+]([O-])c1ccc(/C=C/CO)c(Br)c1. The van der Waals surface area contributed by atoms with Gasteiger partial charge in [0.15, 0.2) is 0 Å². The van der Waals surface area contributed by atoms with Gasteiger partial charge in [-0.3, -0.25) is 10.1 Å². The maximum Gasteiger partial charge on any atom is 0.270 e. The van der Waals surface area contributed by atoms with Crippen molar-refractivity contribution in [3.05, 3.63) is 44.4 Å². The lowest BCUT2D eigenvalue weighted by Gasteiger charge is -1.97. The van der Waals surface area contributed by atoms with Gasteiger partial charge in [-0.25, -0.2) is 0 Å². The molecule has 0 heterocycles. The van der Waals surface area contributed by atoms with Crippen LogP contribution in [-0.2, 0) is 0 Å². The van der Waals surface area contributed by atoms with Gasteiger partial charge in [0.1, 0.15) is 0 Å². The fourth-order valence-corrected chi connectivity index (χ4v) is 1.44. The molecule has 1 rings (SSSR count). The summed E-state index contributed by atoms with van der Waals surface area (Å²) in [7, 11) is 0. The van der Waals surface area contributed by atoms with Gasteiger partial charge in [-0.2, -0.15) is 0 Å². The van der Waals surface area contributed by atoms with Gasteiger partial charge in [0.25, 0.3) is 5.69 Å². The van der Waals surface area contributed by atoms with Crippen LogP contribution >= 0.6 is 15.9 Å². The van der Waals surface area contributed by atoms with Crippen molar-refractivity contribution in [3.63, 3.8) is 0 Å². The highest BCUT2D eigenvalue weighted by molar-refractivity contribution is 9.10. The second-order valence-electron chi connectivity index (χ2n) is 2.55. The first-order chi connectivity index (χ1) is 6.65. The summed E-state index contributed by atoms with van der Waals surface area (Å²) in [4.78, 5) is 9.95. The maximum atomic E-state index is 10.4. The standard InChI is InChI=1S/C9H8BrNO3/c10-9-6-8(11(13)14)4-3-7(9)2-1-5-12/h1-4,6,12H,5H2/b2-1+. The Bertz CT molecular complexity index is 376. The number of nitrogens with zero attached hydrogens (tertiary/aromatic N) is 1. The van der Waals surface area contributed by atoms with E-state index in [1.54, 1.807) is 18.2 Å². The van der Waals surface area contributed by atoms with Gasteiger partial charge in [0.2, 0.25) is 0 Å². The highest BCUT2D eigenvalue weighted by atomic mass is 79.9. The zero-order chi connectivity index (χ0) is 10.6. The second kappa shape index (κ2) is 4.88. The summed E-state index contributed by atoms with van der Waals surface area (Å²) in [5.41, 5.74) is 0.836. The molecular formula is C9H8BrNO3. The number of rotatable bonds is 3. The molecule has 1 N–H and O–H groups in total. The Hall–Kier alpha value is -1.20. The number of nitro groups is 1. The van der Waals surface area contributed by atoms with Crippen LogP contribution in [-0.4, -0.2) is 16.6 Å². The molecule has 0 saturated heterocycles. The fourth-order valence-electron chi connectivity index (χ4n) is 0.944. The minimum atomic E-state index is -0.454. The number of aliphatic hydroxyl groups is 1. The summed E-state index contributed by atoms with van der Waals surface area (Å²) >= 11 is 3.21. The van der Waals surface area contributed by atoms with Crippen LogP contribution in [0.4, 0.5) is 5.69 Å². The molecule has 0 saturated carbocycles. The molecule has 4 nitrogen and oxygen atoms in total. The highest BCUT2D eigenvalue weighted by Crippen LogP contribution is 2.23. The molecule has 74 valence electrons. The first kappa shape index (κ1) is 10.9. The third-order valence-electron chi connectivity index (χ3n) is 1.60. The van der Waals surface area contributed by atoms with Crippen LogP contribution in [0.15, 0.2) is 28.7 Å². The van der Waals surface area contributed by atoms with Gasteiger partial charge in [-0.1, -0.05) is 12.2 Å². The predicted octanol–water partition coefficient (Wildman–Crippen LogP) is 2.36. The van der Waals surface area contributed by atoms with E-state index >= 15 is 0 Å². The summed E-state index contributed by atoms with van der Waals surface area (Å²) < 4.78 is 0.636. The van der Waals surface area contributed by atoms with Gasteiger partial charge >= 0.3 is 0 Å². The van der Waals surface area contributed by atoms with Crippen molar-refractivity contribution in [1.29, 1.82) is 0 Å². The van der Waals surface area contributed by atoms with Crippen LogP contribution in [0.1, 0.15) is 5.56 Å². The Morgan fingerprint density at radius 1 is 1.57 bits per heavy atom. The summed E-state index contributed by atoms with van der Waals surface area (Å²) in [5.74, 6) is 0. The summed E-state index contributed by atoms with van der Waals surface area (Å²) in [5, 5.41) is 19.0. The van der Waals surface area contributed by atoms with Gasteiger partial charge in [-0.05, 0) is 27.6 Å². The van der Waals surface area contributed by atoms with Gasteiger partial charge in [0.05, 0.1) is 11.5 Å². The zero-order valence-corrected chi connectivity index (χ0v) is 8.77. The zero-order valence-electron chi connectivity index (χ0n) is 7.18. The molecule has 0 unspecified atom stereocenters. The lowest BCUT2D eigenvalue weighted by molar-refractivity contribution is -0.384. The number of hydrogen-bond acceptors (Lipinski definition) is 3. The lowest BCUT2D eigenvalue weighted by atomic mass is 10.2. The Balaban J connectivity index is 3.01. The van der Waals surface area contributed by atoms with Crippen molar-refractivity contribution in [2.75, 3.05) is 6.61 Å². The summed E-state index contributed by atoms with van der Waals surface area (Å²) in [6.45, 7) is -0.0522.